The van der Waals surface area contributed by atoms with Gasteiger partial charge in [0.25, 0.3) is 15.9 Å². The maximum Gasteiger partial charge on any atom is 0.410 e. The Bertz CT molecular complexity index is 1960. The van der Waals surface area contributed by atoms with Crippen LogP contribution in [-0.4, -0.2) is 91.0 Å². The second-order valence-corrected chi connectivity index (χ2v) is 17.5. The molecule has 2 aliphatic carbocycles. The zero-order valence-corrected chi connectivity index (χ0v) is 32.9. The summed E-state index contributed by atoms with van der Waals surface area (Å²) < 4.78 is 41.2. The van der Waals surface area contributed by atoms with Gasteiger partial charge in [0, 0.05) is 32.0 Å². The average molecular weight is 805 g/mol. The van der Waals surface area contributed by atoms with Crippen molar-refractivity contribution in [3.63, 3.8) is 0 Å². The van der Waals surface area contributed by atoms with Crippen molar-refractivity contribution >= 4 is 45.6 Å². The summed E-state index contributed by atoms with van der Waals surface area (Å²) in [6.07, 6.45) is 6.47. The van der Waals surface area contributed by atoms with E-state index in [2.05, 4.69) is 27.3 Å². The Morgan fingerprint density at radius 1 is 0.860 bits per heavy atom. The van der Waals surface area contributed by atoms with E-state index < -0.39 is 69.6 Å². The topological polar surface area (TPSA) is 193 Å². The number of sulfonamides is 1. The van der Waals surface area contributed by atoms with Crippen LogP contribution in [-0.2, 0) is 47.0 Å². The maximum absolute atomic E-state index is 14.6. The number of hydrogen-bond donors (Lipinski definition) is 4. The van der Waals surface area contributed by atoms with E-state index in [1.54, 1.807) is 23.1 Å². The molecule has 1 spiro atoms. The quantitative estimate of drug-likeness (QED) is 0.321. The number of ether oxygens (including phenoxy) is 2. The largest absolute Gasteiger partial charge is 0.446 e. The Hall–Kier alpha value is -5.12. The molecular weight excluding hydrogens is 753 g/mol. The van der Waals surface area contributed by atoms with Crippen LogP contribution in [0.15, 0.2) is 66.1 Å². The lowest BCUT2D eigenvalue weighted by Gasteiger charge is -2.30. The standard InChI is InChI=1S/C41H52N6O9S/c1-2-29-23-41(29)38(50)45-57(53,54)35-20-12-11-18-32(35)42-21-13-5-3-4-6-19-33(43-39(51)55-30-16-9-10-17-30)37(49)47-26-31(22-34(47)36(48)44-41)56-40(52)46-24-27-14-7-8-15-28(27)25-46/h2,7-8,11-12,14-15,18,20,29-31,33-34,42H,1,3-6,9-10,13,16-17,19,21-26H2,(H,43,51)(H,44,48)(H,45,50)/t29-,31-,33+,34+,41-/m1/s1. The smallest absolute Gasteiger partial charge is 0.410 e. The highest BCUT2D eigenvalue weighted by Crippen LogP contribution is 2.45. The van der Waals surface area contributed by atoms with Gasteiger partial charge in [-0.05, 0) is 68.2 Å². The number of benzene rings is 2. The van der Waals surface area contributed by atoms with Crippen molar-refractivity contribution in [2.24, 2.45) is 5.92 Å². The first kappa shape index (κ1) is 40.1. The van der Waals surface area contributed by atoms with Crippen LogP contribution in [0.25, 0.3) is 0 Å². The predicted octanol–water partition coefficient (Wildman–Crippen LogP) is 4.48. The lowest BCUT2D eigenvalue weighted by molar-refractivity contribution is -0.141. The summed E-state index contributed by atoms with van der Waals surface area (Å²) in [5.41, 5.74) is 0.684. The van der Waals surface area contributed by atoms with E-state index in [-0.39, 0.29) is 36.8 Å². The summed E-state index contributed by atoms with van der Waals surface area (Å²) in [7, 11) is -4.39. The van der Waals surface area contributed by atoms with E-state index in [1.807, 2.05) is 24.3 Å². The first-order valence-corrected chi connectivity index (χ1v) is 21.6. The van der Waals surface area contributed by atoms with Gasteiger partial charge in [-0.15, -0.1) is 6.58 Å². The molecule has 3 aliphatic heterocycles. The number of rotatable bonds is 4. The number of para-hydroxylation sites is 1. The average Bonchev–Trinajstić information content (AvgIpc) is 3.58. The number of nitrogens with zero attached hydrogens (tertiary/aromatic N) is 2. The van der Waals surface area contributed by atoms with Gasteiger partial charge in [-0.2, -0.15) is 0 Å². The summed E-state index contributed by atoms with van der Waals surface area (Å²) in [5.74, 6) is -2.81. The van der Waals surface area contributed by atoms with E-state index >= 15 is 0 Å². The van der Waals surface area contributed by atoms with Crippen LogP contribution in [0.3, 0.4) is 0 Å². The van der Waals surface area contributed by atoms with Gasteiger partial charge in [-0.1, -0.05) is 68.2 Å². The van der Waals surface area contributed by atoms with Gasteiger partial charge in [0.05, 0.1) is 12.2 Å². The summed E-state index contributed by atoms with van der Waals surface area (Å²) in [6.45, 7) is 4.86. The molecule has 0 aromatic heterocycles. The molecule has 15 nitrogen and oxygen atoms in total. The van der Waals surface area contributed by atoms with Crippen LogP contribution in [0.1, 0.15) is 88.2 Å². The molecule has 3 fully saturated rings. The van der Waals surface area contributed by atoms with E-state index in [4.69, 9.17) is 9.47 Å². The summed E-state index contributed by atoms with van der Waals surface area (Å²) >= 11 is 0. The third kappa shape index (κ3) is 9.05. The Balaban J connectivity index is 1.15. The van der Waals surface area contributed by atoms with Gasteiger partial charge < -0.3 is 30.3 Å². The highest BCUT2D eigenvalue weighted by Gasteiger charge is 2.61. The molecule has 4 N–H and O–H groups in total. The minimum Gasteiger partial charge on any atom is -0.446 e. The van der Waals surface area contributed by atoms with Crippen molar-refractivity contribution in [3.05, 3.63) is 72.3 Å². The van der Waals surface area contributed by atoms with Gasteiger partial charge >= 0.3 is 12.2 Å². The van der Waals surface area contributed by atoms with Crippen LogP contribution in [0.4, 0.5) is 15.3 Å². The molecule has 0 bridgehead atoms. The van der Waals surface area contributed by atoms with Gasteiger partial charge in [-0.25, -0.2) is 22.7 Å². The summed E-state index contributed by atoms with van der Waals surface area (Å²) in [4.78, 5) is 72.3. The molecule has 5 aliphatic rings. The number of carbonyl (C=O) groups is 5. The van der Waals surface area contributed by atoms with Crippen LogP contribution in [0.5, 0.6) is 0 Å². The number of amides is 5. The van der Waals surface area contributed by atoms with Crippen molar-refractivity contribution in [2.45, 2.75) is 125 Å². The molecule has 57 heavy (non-hydrogen) atoms. The molecule has 2 aromatic carbocycles. The van der Waals surface area contributed by atoms with Gasteiger partial charge in [0.2, 0.25) is 11.8 Å². The third-order valence-electron chi connectivity index (χ3n) is 11.8. The lowest BCUT2D eigenvalue weighted by Crippen LogP contribution is -2.58. The van der Waals surface area contributed by atoms with Crippen LogP contribution >= 0.6 is 0 Å². The number of alkyl carbamates (subject to hydrolysis) is 1. The molecule has 3 heterocycles. The van der Waals surface area contributed by atoms with Crippen molar-refractivity contribution in [1.29, 1.82) is 0 Å². The zero-order chi connectivity index (χ0) is 40.2. The Morgan fingerprint density at radius 3 is 2.25 bits per heavy atom. The number of anilines is 1. The number of hydrogen-bond acceptors (Lipinski definition) is 10. The summed E-state index contributed by atoms with van der Waals surface area (Å²) in [5, 5.41) is 8.75. The molecule has 2 aromatic rings. The third-order valence-corrected chi connectivity index (χ3v) is 13.2. The van der Waals surface area contributed by atoms with Crippen LogP contribution < -0.4 is 20.7 Å². The molecule has 306 valence electrons. The Morgan fingerprint density at radius 2 is 1.53 bits per heavy atom. The fourth-order valence-corrected chi connectivity index (χ4v) is 9.75. The predicted molar refractivity (Wildman–Crippen MR) is 209 cm³/mol. The molecule has 1 saturated heterocycles. The van der Waals surface area contributed by atoms with Crippen molar-refractivity contribution in [3.8, 4) is 0 Å². The number of carbonyl (C=O) groups excluding carboxylic acids is 5. The molecule has 16 heteroatoms. The van der Waals surface area contributed by atoms with E-state index in [0.29, 0.717) is 31.7 Å². The second kappa shape index (κ2) is 17.2. The Kier molecular flexibility index (Phi) is 12.1. The van der Waals surface area contributed by atoms with Crippen molar-refractivity contribution in [1.82, 2.24) is 25.2 Å². The first-order chi connectivity index (χ1) is 27.5. The monoisotopic (exact) mass is 804 g/mol. The molecule has 0 radical (unpaired) electrons. The maximum atomic E-state index is 14.6. The first-order valence-electron chi connectivity index (χ1n) is 20.1. The summed E-state index contributed by atoms with van der Waals surface area (Å²) in [6, 6.07) is 11.7. The molecule has 5 atom stereocenters. The molecule has 5 amide bonds. The highest BCUT2D eigenvalue weighted by atomic mass is 32.2. The van der Waals surface area contributed by atoms with E-state index in [9.17, 15) is 32.4 Å². The minimum absolute atomic E-state index is 0.0786. The van der Waals surface area contributed by atoms with Gasteiger partial charge in [-0.3, -0.25) is 19.3 Å². The van der Waals surface area contributed by atoms with E-state index in [0.717, 1.165) is 62.5 Å². The van der Waals surface area contributed by atoms with Crippen LogP contribution in [0, 0.1) is 5.92 Å². The SMILES string of the molecule is C=C[C@@H]1C[C@@]12NC(=O)[C@@H]1C[C@@H](OC(=O)N3Cc4ccccc4C3)CN1C(=O)[C@@H](NC(=O)OC1CCCC1)CCCCCCCNc1ccccc1S(=O)(=O)NC2=O. The molecular formula is C41H52N6O9S. The minimum atomic E-state index is -4.39. The van der Waals surface area contributed by atoms with Crippen molar-refractivity contribution in [2.75, 3.05) is 18.4 Å². The fourth-order valence-electron chi connectivity index (χ4n) is 8.52. The zero-order valence-electron chi connectivity index (χ0n) is 32.1. The molecule has 0 unspecified atom stereocenters. The highest BCUT2D eigenvalue weighted by molar-refractivity contribution is 7.90. The fraction of sp³-hybridized carbons (Fsp3) is 0.537. The number of fused-ring (bicyclic) bond motifs is 3. The van der Waals surface area contributed by atoms with Crippen LogP contribution in [0.2, 0.25) is 0 Å². The molecule has 2 saturated carbocycles. The van der Waals surface area contributed by atoms with Gasteiger partial charge in [0.15, 0.2) is 0 Å². The van der Waals surface area contributed by atoms with Gasteiger partial charge in [0.1, 0.15) is 34.7 Å². The Labute approximate surface area is 333 Å². The molecule has 7 rings (SSSR count). The lowest BCUT2D eigenvalue weighted by atomic mass is 10.0. The normalized spacial score (nSPS) is 28.2. The second-order valence-electron chi connectivity index (χ2n) is 15.8. The van der Waals surface area contributed by atoms with Crippen molar-refractivity contribution < 1.29 is 41.9 Å². The van der Waals surface area contributed by atoms with E-state index in [1.165, 1.54) is 17.0 Å². The number of nitrogens with one attached hydrogen (secondary N) is 4.